The summed E-state index contributed by atoms with van der Waals surface area (Å²) in [5.74, 6) is 0.537. The Kier molecular flexibility index (Phi) is 3.17. The van der Waals surface area contributed by atoms with Crippen LogP contribution in [0.3, 0.4) is 0 Å². The van der Waals surface area contributed by atoms with Crippen LogP contribution in [0.2, 0.25) is 0 Å². The van der Waals surface area contributed by atoms with Crippen LogP contribution in [0.15, 0.2) is 23.8 Å². The number of rotatable bonds is 3. The Morgan fingerprint density at radius 1 is 1.44 bits per heavy atom. The minimum absolute atomic E-state index is 0.211. The van der Waals surface area contributed by atoms with E-state index in [0.29, 0.717) is 5.88 Å². The van der Waals surface area contributed by atoms with Gasteiger partial charge in [-0.25, -0.2) is 9.97 Å². The average molecular weight is 235 g/mol. The number of hydrogen-bond donors (Lipinski definition) is 1. The maximum absolute atomic E-state index is 6.15. The Bertz CT molecular complexity index is 484. The first kappa shape index (κ1) is 11.0. The number of nitrogens with zero attached hydrogens (tertiary/aromatic N) is 2. The Morgan fingerprint density at radius 2 is 2.25 bits per heavy atom. The molecule has 0 fully saturated rings. The molecule has 0 aromatic carbocycles. The Labute approximate surface area is 98.1 Å². The van der Waals surface area contributed by atoms with Crippen LogP contribution in [0.25, 0.3) is 0 Å². The van der Waals surface area contributed by atoms with Gasteiger partial charge in [0.15, 0.2) is 0 Å². The van der Waals surface area contributed by atoms with Crippen molar-refractivity contribution in [3.8, 4) is 5.88 Å². The third-order valence-electron chi connectivity index (χ3n) is 2.38. The van der Waals surface area contributed by atoms with Gasteiger partial charge in [0.25, 0.3) is 0 Å². The van der Waals surface area contributed by atoms with Crippen LogP contribution >= 0.6 is 11.3 Å². The summed E-state index contributed by atoms with van der Waals surface area (Å²) < 4.78 is 5.05. The lowest BCUT2D eigenvalue weighted by Gasteiger charge is -2.10. The summed E-state index contributed by atoms with van der Waals surface area (Å²) >= 11 is 1.64. The van der Waals surface area contributed by atoms with Gasteiger partial charge in [-0.05, 0) is 23.9 Å². The number of nitrogens with two attached hydrogens (primary N) is 1. The lowest BCUT2D eigenvalue weighted by atomic mass is 10.1. The summed E-state index contributed by atoms with van der Waals surface area (Å²) in [6.45, 7) is 2.05. The van der Waals surface area contributed by atoms with Crippen LogP contribution in [0.5, 0.6) is 5.88 Å². The van der Waals surface area contributed by atoms with Gasteiger partial charge >= 0.3 is 0 Å². The molecule has 84 valence electrons. The standard InChI is InChI=1S/C11H13N3OS/c1-7-3-4-16-11(7)10(12)8-5-9(15-2)14-6-13-8/h3-6,10H,12H2,1-2H3. The number of aromatic nitrogens is 2. The van der Waals surface area contributed by atoms with Crippen LogP contribution in [0.1, 0.15) is 22.2 Å². The summed E-state index contributed by atoms with van der Waals surface area (Å²) in [4.78, 5) is 9.26. The zero-order valence-corrected chi connectivity index (χ0v) is 9.99. The molecule has 2 rings (SSSR count). The molecule has 2 aromatic heterocycles. The molecule has 0 spiro atoms. The summed E-state index contributed by atoms with van der Waals surface area (Å²) in [5, 5.41) is 2.03. The van der Waals surface area contributed by atoms with Crippen LogP contribution in [0, 0.1) is 6.92 Å². The van der Waals surface area contributed by atoms with Gasteiger partial charge in [-0.3, -0.25) is 0 Å². The quantitative estimate of drug-likeness (QED) is 0.882. The molecule has 2 N–H and O–H groups in total. The van der Waals surface area contributed by atoms with Gasteiger partial charge in [0.2, 0.25) is 5.88 Å². The molecule has 2 aromatic rings. The zero-order valence-electron chi connectivity index (χ0n) is 9.18. The largest absolute Gasteiger partial charge is 0.481 e. The molecule has 0 saturated heterocycles. The minimum Gasteiger partial charge on any atom is -0.481 e. The normalized spacial score (nSPS) is 12.4. The summed E-state index contributed by atoms with van der Waals surface area (Å²) in [7, 11) is 1.58. The van der Waals surface area contributed by atoms with E-state index in [1.54, 1.807) is 24.5 Å². The van der Waals surface area contributed by atoms with Crippen molar-refractivity contribution in [3.05, 3.63) is 40.0 Å². The number of aryl methyl sites for hydroxylation is 1. The second-order valence-electron chi connectivity index (χ2n) is 3.43. The van der Waals surface area contributed by atoms with Crippen LogP contribution < -0.4 is 10.5 Å². The third kappa shape index (κ3) is 2.05. The SMILES string of the molecule is COc1cc(C(N)c2sccc2C)ncn1. The van der Waals surface area contributed by atoms with E-state index >= 15 is 0 Å². The van der Waals surface area contributed by atoms with E-state index in [1.165, 1.54) is 11.9 Å². The Morgan fingerprint density at radius 3 is 2.88 bits per heavy atom. The fourth-order valence-electron chi connectivity index (χ4n) is 1.47. The second-order valence-corrected chi connectivity index (χ2v) is 4.38. The summed E-state index contributed by atoms with van der Waals surface area (Å²) in [5.41, 5.74) is 8.12. The van der Waals surface area contributed by atoms with Crippen LogP contribution in [-0.2, 0) is 0 Å². The molecule has 5 heteroatoms. The zero-order chi connectivity index (χ0) is 11.5. The van der Waals surface area contributed by atoms with Gasteiger partial charge in [0.05, 0.1) is 18.8 Å². The molecule has 0 aliphatic rings. The highest BCUT2D eigenvalue weighted by molar-refractivity contribution is 7.10. The Hall–Kier alpha value is -1.46. The van der Waals surface area contributed by atoms with Crippen LogP contribution in [0.4, 0.5) is 0 Å². The third-order valence-corrected chi connectivity index (χ3v) is 3.48. The highest BCUT2D eigenvalue weighted by Crippen LogP contribution is 2.27. The number of thiophene rings is 1. The van der Waals surface area contributed by atoms with Crippen molar-refractivity contribution in [1.29, 1.82) is 0 Å². The maximum Gasteiger partial charge on any atom is 0.216 e. The Balaban J connectivity index is 2.33. The molecule has 1 unspecified atom stereocenters. The number of ether oxygens (including phenoxy) is 1. The topological polar surface area (TPSA) is 61.0 Å². The van der Waals surface area contributed by atoms with Crippen molar-refractivity contribution in [2.45, 2.75) is 13.0 Å². The predicted octanol–water partition coefficient (Wildman–Crippen LogP) is 1.90. The van der Waals surface area contributed by atoms with Crippen molar-refractivity contribution < 1.29 is 4.74 Å². The first-order valence-electron chi connectivity index (χ1n) is 4.88. The van der Waals surface area contributed by atoms with Crippen molar-refractivity contribution in [2.24, 2.45) is 5.73 Å². The smallest absolute Gasteiger partial charge is 0.216 e. The maximum atomic E-state index is 6.15. The van der Waals surface area contributed by atoms with E-state index in [-0.39, 0.29) is 6.04 Å². The fraction of sp³-hybridized carbons (Fsp3) is 0.273. The first-order valence-corrected chi connectivity index (χ1v) is 5.76. The number of hydrogen-bond acceptors (Lipinski definition) is 5. The van der Waals surface area contributed by atoms with E-state index in [4.69, 9.17) is 10.5 Å². The molecule has 0 aliphatic carbocycles. The molecule has 2 heterocycles. The molecule has 0 aliphatic heterocycles. The van der Waals surface area contributed by atoms with E-state index < -0.39 is 0 Å². The van der Waals surface area contributed by atoms with Crippen molar-refractivity contribution in [2.75, 3.05) is 7.11 Å². The minimum atomic E-state index is -0.211. The van der Waals surface area contributed by atoms with Gasteiger partial charge < -0.3 is 10.5 Å². The van der Waals surface area contributed by atoms with E-state index in [9.17, 15) is 0 Å². The molecular formula is C11H13N3OS. The van der Waals surface area contributed by atoms with Gasteiger partial charge in [0.1, 0.15) is 6.33 Å². The molecular weight excluding hydrogens is 222 g/mol. The van der Waals surface area contributed by atoms with E-state index in [1.807, 2.05) is 12.3 Å². The summed E-state index contributed by atoms with van der Waals surface area (Å²) in [6.07, 6.45) is 1.47. The highest BCUT2D eigenvalue weighted by Gasteiger charge is 2.14. The van der Waals surface area contributed by atoms with E-state index in [0.717, 1.165) is 10.6 Å². The number of methoxy groups -OCH3 is 1. The molecule has 1 atom stereocenters. The molecule has 0 amide bonds. The van der Waals surface area contributed by atoms with Gasteiger partial charge in [-0.1, -0.05) is 0 Å². The predicted molar refractivity (Wildman–Crippen MR) is 63.7 cm³/mol. The molecule has 4 nitrogen and oxygen atoms in total. The van der Waals surface area contributed by atoms with Crippen molar-refractivity contribution >= 4 is 11.3 Å². The van der Waals surface area contributed by atoms with Gasteiger partial charge in [-0.15, -0.1) is 11.3 Å². The highest BCUT2D eigenvalue weighted by atomic mass is 32.1. The van der Waals surface area contributed by atoms with E-state index in [2.05, 4.69) is 16.0 Å². The monoisotopic (exact) mass is 235 g/mol. The molecule has 0 bridgehead atoms. The van der Waals surface area contributed by atoms with Gasteiger partial charge in [0, 0.05) is 10.9 Å². The lowest BCUT2D eigenvalue weighted by molar-refractivity contribution is 0.395. The molecule has 0 saturated carbocycles. The lowest BCUT2D eigenvalue weighted by Crippen LogP contribution is -2.13. The van der Waals surface area contributed by atoms with Crippen molar-refractivity contribution in [1.82, 2.24) is 9.97 Å². The summed E-state index contributed by atoms with van der Waals surface area (Å²) in [6, 6.07) is 3.61. The van der Waals surface area contributed by atoms with Gasteiger partial charge in [-0.2, -0.15) is 0 Å². The van der Waals surface area contributed by atoms with Crippen LogP contribution in [-0.4, -0.2) is 17.1 Å². The fourth-order valence-corrected chi connectivity index (χ4v) is 2.41. The first-order chi connectivity index (χ1) is 7.72. The average Bonchev–Trinajstić information content (AvgIpc) is 2.74. The second kappa shape index (κ2) is 4.59. The molecule has 16 heavy (non-hydrogen) atoms. The molecule has 0 radical (unpaired) electrons. The van der Waals surface area contributed by atoms with Crippen molar-refractivity contribution in [3.63, 3.8) is 0 Å².